The number of nitrogens with zero attached hydrogens (tertiary/aromatic N) is 4. The third-order valence-electron chi connectivity index (χ3n) is 5.44. The van der Waals surface area contributed by atoms with Crippen molar-refractivity contribution in [2.24, 2.45) is 0 Å². The average Bonchev–Trinajstić information content (AvgIpc) is 3.24. The Bertz CT molecular complexity index is 1630. The number of aryl methyl sites for hydroxylation is 2. The predicted octanol–water partition coefficient (Wildman–Crippen LogP) is 4.52. The lowest BCUT2D eigenvalue weighted by atomic mass is 10.1. The minimum atomic E-state index is -0.426. The number of rotatable bonds is 5. The third kappa shape index (κ3) is 3.94. The highest BCUT2D eigenvalue weighted by molar-refractivity contribution is 7.99. The molecule has 0 saturated heterocycles. The number of halogens is 1. The van der Waals surface area contributed by atoms with Gasteiger partial charge in [-0.1, -0.05) is 42.1 Å². The second kappa shape index (κ2) is 8.75. The zero-order chi connectivity index (χ0) is 23.8. The van der Waals surface area contributed by atoms with Gasteiger partial charge in [0.1, 0.15) is 5.82 Å². The topological polar surface area (TPSA) is 81.3 Å². The van der Waals surface area contributed by atoms with Gasteiger partial charge in [-0.2, -0.15) is 0 Å². The van der Waals surface area contributed by atoms with Crippen molar-refractivity contribution in [1.82, 2.24) is 19.2 Å². The summed E-state index contributed by atoms with van der Waals surface area (Å²) in [6.07, 6.45) is 0. The Labute approximate surface area is 198 Å². The van der Waals surface area contributed by atoms with Gasteiger partial charge < -0.3 is 5.32 Å². The Kier molecular flexibility index (Phi) is 5.62. The van der Waals surface area contributed by atoms with Gasteiger partial charge in [0.15, 0.2) is 5.16 Å². The number of hydrogen-bond donors (Lipinski definition) is 1. The second-order valence-corrected chi connectivity index (χ2v) is 8.86. The van der Waals surface area contributed by atoms with Crippen molar-refractivity contribution in [2.45, 2.75) is 19.0 Å². The van der Waals surface area contributed by atoms with Crippen LogP contribution in [0.2, 0.25) is 0 Å². The van der Waals surface area contributed by atoms with E-state index < -0.39 is 5.82 Å². The summed E-state index contributed by atoms with van der Waals surface area (Å²) >= 11 is 1.19. The number of anilines is 1. The van der Waals surface area contributed by atoms with Crippen LogP contribution < -0.4 is 10.9 Å². The fourth-order valence-electron chi connectivity index (χ4n) is 3.84. The quantitative estimate of drug-likeness (QED) is 0.380. The van der Waals surface area contributed by atoms with E-state index in [0.717, 1.165) is 16.8 Å². The molecule has 0 atom stereocenters. The summed E-state index contributed by atoms with van der Waals surface area (Å²) in [5.74, 6) is -0.330. The van der Waals surface area contributed by atoms with Crippen LogP contribution in [0.3, 0.4) is 0 Å². The van der Waals surface area contributed by atoms with Crippen molar-refractivity contribution >= 4 is 40.0 Å². The summed E-state index contributed by atoms with van der Waals surface area (Å²) in [7, 11) is 0. The molecule has 34 heavy (non-hydrogen) atoms. The highest BCUT2D eigenvalue weighted by Gasteiger charge is 2.19. The largest absolute Gasteiger partial charge is 0.325 e. The molecule has 2 heterocycles. The zero-order valence-electron chi connectivity index (χ0n) is 18.4. The minimum absolute atomic E-state index is 0.0359. The summed E-state index contributed by atoms with van der Waals surface area (Å²) in [6.45, 7) is 3.91. The van der Waals surface area contributed by atoms with Crippen molar-refractivity contribution in [3.8, 4) is 5.69 Å². The molecule has 1 amide bonds. The van der Waals surface area contributed by atoms with E-state index in [0.29, 0.717) is 27.5 Å². The molecule has 0 spiro atoms. The molecule has 0 aliphatic rings. The summed E-state index contributed by atoms with van der Waals surface area (Å²) in [6, 6.07) is 18.9. The maximum Gasteiger partial charge on any atom is 0.267 e. The number of benzene rings is 3. The van der Waals surface area contributed by atoms with E-state index in [-0.39, 0.29) is 17.2 Å². The molecule has 0 saturated carbocycles. The number of fused-ring (bicyclic) bond motifs is 3. The molecule has 2 aromatic heterocycles. The van der Waals surface area contributed by atoms with Crippen LogP contribution in [0, 0.1) is 19.7 Å². The number of aromatic nitrogens is 4. The van der Waals surface area contributed by atoms with Crippen LogP contribution in [0.1, 0.15) is 11.1 Å². The number of nitrogens with one attached hydrogen (secondary N) is 1. The lowest BCUT2D eigenvalue weighted by Gasteiger charge is -2.14. The van der Waals surface area contributed by atoms with Crippen LogP contribution in [-0.4, -0.2) is 30.8 Å². The lowest BCUT2D eigenvalue weighted by molar-refractivity contribution is -0.113. The third-order valence-corrected chi connectivity index (χ3v) is 6.37. The summed E-state index contributed by atoms with van der Waals surface area (Å²) in [5.41, 5.74) is 3.52. The molecule has 0 bridgehead atoms. The van der Waals surface area contributed by atoms with Crippen molar-refractivity contribution in [1.29, 1.82) is 0 Å². The van der Waals surface area contributed by atoms with Gasteiger partial charge in [0, 0.05) is 5.69 Å². The van der Waals surface area contributed by atoms with E-state index in [1.54, 1.807) is 21.1 Å². The molecule has 1 N–H and O–H groups in total. The van der Waals surface area contributed by atoms with Crippen LogP contribution in [0.5, 0.6) is 0 Å². The van der Waals surface area contributed by atoms with Gasteiger partial charge in [-0.25, -0.2) is 8.96 Å². The van der Waals surface area contributed by atoms with Crippen molar-refractivity contribution in [3.05, 3.63) is 94.0 Å². The van der Waals surface area contributed by atoms with Crippen LogP contribution in [-0.2, 0) is 4.79 Å². The van der Waals surface area contributed by atoms with E-state index in [1.165, 1.54) is 30.0 Å². The van der Waals surface area contributed by atoms with Gasteiger partial charge >= 0.3 is 0 Å². The molecule has 0 radical (unpaired) electrons. The van der Waals surface area contributed by atoms with Gasteiger partial charge in [-0.15, -0.1) is 10.2 Å². The molecule has 170 valence electrons. The fraction of sp³-hybridized carbons (Fsp3) is 0.120. The fourth-order valence-corrected chi connectivity index (χ4v) is 4.58. The molecule has 5 aromatic rings. The van der Waals surface area contributed by atoms with E-state index in [2.05, 4.69) is 15.5 Å². The van der Waals surface area contributed by atoms with Crippen LogP contribution in [0.4, 0.5) is 10.1 Å². The SMILES string of the molecule is Cc1ccc(C)c(-n2c(=O)c3ccccc3n3c(SCC(=O)Nc4cccc(F)c4)nnc23)c1. The predicted molar refractivity (Wildman–Crippen MR) is 131 cm³/mol. The maximum atomic E-state index is 13.5. The van der Waals surface area contributed by atoms with E-state index in [9.17, 15) is 14.0 Å². The zero-order valence-corrected chi connectivity index (χ0v) is 19.3. The standard InChI is InChI=1S/C25H20FN5O2S/c1-15-10-11-16(2)21(12-15)30-23(33)19-8-3-4-9-20(19)31-24(30)28-29-25(31)34-14-22(32)27-18-7-5-6-17(26)13-18/h3-13H,14H2,1-2H3,(H,27,32). The summed E-state index contributed by atoms with van der Waals surface area (Å²) < 4.78 is 16.8. The van der Waals surface area contributed by atoms with Crippen LogP contribution >= 0.6 is 11.8 Å². The monoisotopic (exact) mass is 473 g/mol. The first-order chi connectivity index (χ1) is 16.4. The number of thioether (sulfide) groups is 1. The Morgan fingerprint density at radius 2 is 1.85 bits per heavy atom. The maximum absolute atomic E-state index is 13.5. The normalized spacial score (nSPS) is 11.3. The lowest BCUT2D eigenvalue weighted by Crippen LogP contribution is -2.22. The average molecular weight is 474 g/mol. The Morgan fingerprint density at radius 3 is 2.68 bits per heavy atom. The van der Waals surface area contributed by atoms with Gasteiger partial charge in [0.2, 0.25) is 11.7 Å². The molecule has 3 aromatic carbocycles. The Hall–Kier alpha value is -3.98. The van der Waals surface area contributed by atoms with Crippen molar-refractivity contribution in [2.75, 3.05) is 11.1 Å². The van der Waals surface area contributed by atoms with Crippen molar-refractivity contribution in [3.63, 3.8) is 0 Å². The molecule has 0 aliphatic heterocycles. The Balaban J connectivity index is 1.58. The van der Waals surface area contributed by atoms with E-state index in [4.69, 9.17) is 0 Å². The molecule has 0 unspecified atom stereocenters. The first-order valence-corrected chi connectivity index (χ1v) is 11.6. The second-order valence-electron chi connectivity index (χ2n) is 7.91. The number of para-hydroxylation sites is 1. The van der Waals surface area contributed by atoms with Crippen molar-refractivity contribution < 1.29 is 9.18 Å². The molecule has 0 aliphatic carbocycles. The van der Waals surface area contributed by atoms with Gasteiger partial charge in [0.05, 0.1) is 22.3 Å². The van der Waals surface area contributed by atoms with Gasteiger partial charge in [-0.05, 0) is 61.4 Å². The molecule has 5 rings (SSSR count). The highest BCUT2D eigenvalue weighted by atomic mass is 32.2. The van der Waals surface area contributed by atoms with Crippen LogP contribution in [0.25, 0.3) is 22.4 Å². The highest BCUT2D eigenvalue weighted by Crippen LogP contribution is 2.25. The number of carbonyl (C=O) groups is 1. The molecule has 7 nitrogen and oxygen atoms in total. The number of hydrogen-bond acceptors (Lipinski definition) is 5. The smallest absolute Gasteiger partial charge is 0.267 e. The first-order valence-electron chi connectivity index (χ1n) is 10.6. The number of amides is 1. The van der Waals surface area contributed by atoms with Gasteiger partial charge in [0.25, 0.3) is 5.56 Å². The molecular formula is C25H20FN5O2S. The molecular weight excluding hydrogens is 453 g/mol. The minimum Gasteiger partial charge on any atom is -0.325 e. The molecule has 0 fully saturated rings. The van der Waals surface area contributed by atoms with Gasteiger partial charge in [-0.3, -0.25) is 14.0 Å². The number of carbonyl (C=O) groups excluding carboxylic acids is 1. The summed E-state index contributed by atoms with van der Waals surface area (Å²) in [5, 5.41) is 12.3. The summed E-state index contributed by atoms with van der Waals surface area (Å²) in [4.78, 5) is 26.0. The van der Waals surface area contributed by atoms with E-state index >= 15 is 0 Å². The Morgan fingerprint density at radius 1 is 1.03 bits per heavy atom. The van der Waals surface area contributed by atoms with Crippen LogP contribution in [0.15, 0.2) is 76.7 Å². The van der Waals surface area contributed by atoms with E-state index in [1.807, 2.05) is 50.2 Å². The first kappa shape index (κ1) is 21.8. The molecule has 9 heteroatoms.